The van der Waals surface area contributed by atoms with Crippen molar-refractivity contribution in [3.8, 4) is 5.88 Å². The van der Waals surface area contributed by atoms with Gasteiger partial charge in [0.1, 0.15) is 5.82 Å². The third-order valence-corrected chi connectivity index (χ3v) is 2.20. The van der Waals surface area contributed by atoms with Gasteiger partial charge in [-0.05, 0) is 13.0 Å². The number of rotatable bonds is 4. The minimum absolute atomic E-state index is 0.0983. The third-order valence-electron chi connectivity index (χ3n) is 2.20. The van der Waals surface area contributed by atoms with Gasteiger partial charge in [-0.25, -0.2) is 9.37 Å². The molecule has 0 saturated heterocycles. The van der Waals surface area contributed by atoms with E-state index in [9.17, 15) is 9.18 Å². The van der Waals surface area contributed by atoms with Crippen molar-refractivity contribution in [2.75, 3.05) is 7.11 Å². The first-order valence-corrected chi connectivity index (χ1v) is 5.07. The number of carbonyl (C=O) groups is 1. The van der Waals surface area contributed by atoms with E-state index in [0.717, 1.165) is 6.20 Å². The molecule has 5 heteroatoms. The predicted molar refractivity (Wildman–Crippen MR) is 57.6 cm³/mol. The predicted octanol–water partition coefficient (Wildman–Crippen LogP) is 1.82. The lowest BCUT2D eigenvalue weighted by atomic mass is 10.1. The highest BCUT2D eigenvalue weighted by Gasteiger charge is 2.15. The number of methoxy groups -OCH3 is 1. The Morgan fingerprint density at radius 2 is 2.38 bits per heavy atom. The Labute approximate surface area is 93.8 Å². The van der Waals surface area contributed by atoms with Crippen LogP contribution in [-0.4, -0.2) is 18.0 Å². The molecule has 0 aliphatic heterocycles. The van der Waals surface area contributed by atoms with Gasteiger partial charge in [0.05, 0.1) is 19.3 Å². The van der Waals surface area contributed by atoms with Gasteiger partial charge in [0.15, 0.2) is 0 Å². The van der Waals surface area contributed by atoms with Crippen LogP contribution < -0.4 is 10.1 Å². The second kappa shape index (κ2) is 5.44. The molecule has 0 aliphatic rings. The first-order chi connectivity index (χ1) is 7.58. The van der Waals surface area contributed by atoms with E-state index < -0.39 is 5.82 Å². The molecule has 0 spiro atoms. The summed E-state index contributed by atoms with van der Waals surface area (Å²) in [4.78, 5) is 15.0. The monoisotopic (exact) mass is 226 g/mol. The second-order valence-corrected chi connectivity index (χ2v) is 3.39. The number of carbonyl (C=O) groups excluding carboxylic acids is 1. The molecule has 1 heterocycles. The molecule has 4 nitrogen and oxygen atoms in total. The Morgan fingerprint density at radius 3 is 2.94 bits per heavy atom. The lowest BCUT2D eigenvalue weighted by Crippen LogP contribution is -2.26. The van der Waals surface area contributed by atoms with Crippen LogP contribution in [-0.2, 0) is 4.79 Å². The van der Waals surface area contributed by atoms with Gasteiger partial charge in [0.2, 0.25) is 11.8 Å². The Morgan fingerprint density at radius 1 is 1.69 bits per heavy atom. The van der Waals surface area contributed by atoms with Crippen molar-refractivity contribution in [1.82, 2.24) is 10.3 Å². The highest BCUT2D eigenvalue weighted by Crippen LogP contribution is 2.23. The Hall–Kier alpha value is -1.65. The van der Waals surface area contributed by atoms with Gasteiger partial charge in [-0.2, -0.15) is 0 Å². The molecule has 1 aromatic heterocycles. The number of amides is 1. The van der Waals surface area contributed by atoms with E-state index in [2.05, 4.69) is 10.3 Å². The fourth-order valence-corrected chi connectivity index (χ4v) is 1.34. The summed E-state index contributed by atoms with van der Waals surface area (Å²) in [6.07, 6.45) is 1.46. The number of nitrogens with one attached hydrogen (secondary N) is 1. The second-order valence-electron chi connectivity index (χ2n) is 3.39. The molecular formula is C11H15FN2O2. The van der Waals surface area contributed by atoms with Crippen molar-refractivity contribution < 1.29 is 13.9 Å². The molecule has 16 heavy (non-hydrogen) atoms. The van der Waals surface area contributed by atoms with Crippen LogP contribution in [0.25, 0.3) is 0 Å². The molecule has 1 atom stereocenters. The largest absolute Gasteiger partial charge is 0.481 e. The molecule has 1 amide bonds. The zero-order chi connectivity index (χ0) is 12.1. The summed E-state index contributed by atoms with van der Waals surface area (Å²) in [6, 6.07) is 0.984. The van der Waals surface area contributed by atoms with E-state index in [-0.39, 0.29) is 11.9 Å². The van der Waals surface area contributed by atoms with Crippen LogP contribution in [0, 0.1) is 5.82 Å². The molecule has 0 saturated carbocycles. The third kappa shape index (κ3) is 2.92. The maximum atomic E-state index is 13.0. The summed E-state index contributed by atoms with van der Waals surface area (Å²) < 4.78 is 18.0. The molecule has 0 aromatic carbocycles. The van der Waals surface area contributed by atoms with Crippen LogP contribution in [0.1, 0.15) is 31.9 Å². The molecule has 1 rings (SSSR count). The molecule has 88 valence electrons. The van der Waals surface area contributed by atoms with Crippen molar-refractivity contribution >= 4 is 5.91 Å². The molecule has 1 aromatic rings. The average molecular weight is 226 g/mol. The van der Waals surface area contributed by atoms with E-state index in [0.29, 0.717) is 17.9 Å². The molecular weight excluding hydrogens is 211 g/mol. The SMILES string of the molecule is CCC(=O)NC(C)c1cc(F)cnc1OC. The van der Waals surface area contributed by atoms with Crippen LogP contribution in [0.2, 0.25) is 0 Å². The van der Waals surface area contributed by atoms with Gasteiger partial charge in [0, 0.05) is 12.0 Å². The Kier molecular flexibility index (Phi) is 4.22. The molecule has 0 aliphatic carbocycles. The number of ether oxygens (including phenoxy) is 1. The van der Waals surface area contributed by atoms with Gasteiger partial charge >= 0.3 is 0 Å². The van der Waals surface area contributed by atoms with Crippen molar-refractivity contribution in [3.63, 3.8) is 0 Å². The molecule has 0 fully saturated rings. The van der Waals surface area contributed by atoms with Crippen LogP contribution in [0.15, 0.2) is 12.3 Å². The standard InChI is InChI=1S/C11H15FN2O2/c1-4-10(15)14-7(2)9-5-8(12)6-13-11(9)16-3/h5-7H,4H2,1-3H3,(H,14,15). The topological polar surface area (TPSA) is 51.2 Å². The van der Waals surface area contributed by atoms with Gasteiger partial charge in [-0.3, -0.25) is 4.79 Å². The van der Waals surface area contributed by atoms with Crippen LogP contribution in [0.3, 0.4) is 0 Å². The number of pyridine rings is 1. The number of nitrogens with zero attached hydrogens (tertiary/aromatic N) is 1. The van der Waals surface area contributed by atoms with Crippen molar-refractivity contribution in [1.29, 1.82) is 0 Å². The maximum absolute atomic E-state index is 13.0. The number of aromatic nitrogens is 1. The van der Waals surface area contributed by atoms with Crippen LogP contribution >= 0.6 is 0 Å². The lowest BCUT2D eigenvalue weighted by Gasteiger charge is -2.15. The zero-order valence-electron chi connectivity index (χ0n) is 9.58. The molecule has 0 bridgehead atoms. The number of hydrogen-bond acceptors (Lipinski definition) is 3. The minimum atomic E-state index is -0.451. The summed E-state index contributed by atoms with van der Waals surface area (Å²) in [5.41, 5.74) is 0.532. The first kappa shape index (κ1) is 12.4. The number of halogens is 1. The Bertz CT molecular complexity index is 382. The van der Waals surface area contributed by atoms with Gasteiger partial charge in [-0.15, -0.1) is 0 Å². The van der Waals surface area contributed by atoms with E-state index in [4.69, 9.17) is 4.74 Å². The quantitative estimate of drug-likeness (QED) is 0.851. The zero-order valence-corrected chi connectivity index (χ0v) is 9.58. The summed E-state index contributed by atoms with van der Waals surface area (Å²) in [6.45, 7) is 3.51. The lowest BCUT2D eigenvalue weighted by molar-refractivity contribution is -0.121. The normalized spacial score (nSPS) is 12.0. The average Bonchev–Trinajstić information content (AvgIpc) is 2.28. The van der Waals surface area contributed by atoms with Gasteiger partial charge in [0.25, 0.3) is 0 Å². The maximum Gasteiger partial charge on any atom is 0.220 e. The minimum Gasteiger partial charge on any atom is -0.481 e. The van der Waals surface area contributed by atoms with Crippen molar-refractivity contribution in [2.45, 2.75) is 26.3 Å². The smallest absolute Gasteiger partial charge is 0.220 e. The highest BCUT2D eigenvalue weighted by molar-refractivity contribution is 5.76. The fourth-order valence-electron chi connectivity index (χ4n) is 1.34. The number of hydrogen-bond donors (Lipinski definition) is 1. The van der Waals surface area contributed by atoms with Crippen molar-refractivity contribution in [2.24, 2.45) is 0 Å². The van der Waals surface area contributed by atoms with Crippen LogP contribution in [0.4, 0.5) is 4.39 Å². The van der Waals surface area contributed by atoms with Crippen molar-refractivity contribution in [3.05, 3.63) is 23.6 Å². The highest BCUT2D eigenvalue weighted by atomic mass is 19.1. The summed E-state index contributed by atoms with van der Waals surface area (Å²) in [5.74, 6) is -0.225. The van der Waals surface area contributed by atoms with E-state index in [1.54, 1.807) is 13.8 Å². The summed E-state index contributed by atoms with van der Waals surface area (Å²) in [7, 11) is 1.46. The Balaban J connectivity index is 2.92. The summed E-state index contributed by atoms with van der Waals surface area (Å²) in [5, 5.41) is 2.72. The van der Waals surface area contributed by atoms with Gasteiger partial charge < -0.3 is 10.1 Å². The fraction of sp³-hybridized carbons (Fsp3) is 0.455. The first-order valence-electron chi connectivity index (χ1n) is 5.07. The summed E-state index contributed by atoms with van der Waals surface area (Å²) >= 11 is 0. The van der Waals surface area contributed by atoms with E-state index in [1.165, 1.54) is 13.2 Å². The van der Waals surface area contributed by atoms with E-state index in [1.807, 2.05) is 0 Å². The molecule has 1 unspecified atom stereocenters. The molecule has 1 N–H and O–H groups in total. The molecule has 0 radical (unpaired) electrons. The van der Waals surface area contributed by atoms with Crippen LogP contribution in [0.5, 0.6) is 5.88 Å². The van der Waals surface area contributed by atoms with Gasteiger partial charge in [-0.1, -0.05) is 6.92 Å². The van der Waals surface area contributed by atoms with E-state index >= 15 is 0 Å².